The molecule has 0 bridgehead atoms. The lowest BCUT2D eigenvalue weighted by molar-refractivity contribution is 0.252. The first kappa shape index (κ1) is 18.0. The van der Waals surface area contributed by atoms with Crippen LogP contribution < -0.4 is 10.6 Å². The molecular weight excluding hydrogens is 346 g/mol. The number of anilines is 1. The Morgan fingerprint density at radius 3 is 2.69 bits per heavy atom. The number of pyridine rings is 2. The fourth-order valence-corrected chi connectivity index (χ4v) is 3.45. The Labute approximate surface area is 156 Å². The average molecular weight is 367 g/mol. The number of thiazole rings is 1. The molecule has 0 aromatic carbocycles. The van der Waals surface area contributed by atoms with Crippen LogP contribution in [0.5, 0.6) is 0 Å². The van der Waals surface area contributed by atoms with E-state index in [0.717, 1.165) is 28.2 Å². The minimum atomic E-state index is -0.259. The Bertz CT molecular complexity index is 861. The summed E-state index contributed by atoms with van der Waals surface area (Å²) in [5.74, 6) is 0. The third-order valence-electron chi connectivity index (χ3n) is 3.92. The minimum absolute atomic E-state index is 0.259. The number of aryl methyl sites for hydroxylation is 2. The first-order valence-corrected chi connectivity index (χ1v) is 9.34. The van der Waals surface area contributed by atoms with Crippen LogP contribution in [0.2, 0.25) is 0 Å². The van der Waals surface area contributed by atoms with Crippen molar-refractivity contribution in [2.45, 2.75) is 26.7 Å². The lowest BCUT2D eigenvalue weighted by Crippen LogP contribution is -2.30. The first-order valence-electron chi connectivity index (χ1n) is 8.52. The highest BCUT2D eigenvalue weighted by molar-refractivity contribution is 7.19. The molecule has 0 saturated heterocycles. The topological polar surface area (TPSA) is 79.8 Å². The second kappa shape index (κ2) is 8.53. The summed E-state index contributed by atoms with van der Waals surface area (Å²) in [5.41, 5.74) is 4.11. The molecule has 0 radical (unpaired) electrons. The zero-order valence-corrected chi connectivity index (χ0v) is 15.6. The zero-order valence-electron chi connectivity index (χ0n) is 14.8. The van der Waals surface area contributed by atoms with Gasteiger partial charge in [0.1, 0.15) is 0 Å². The summed E-state index contributed by atoms with van der Waals surface area (Å²) >= 11 is 1.45. The van der Waals surface area contributed by atoms with Crippen molar-refractivity contribution in [3.05, 3.63) is 59.8 Å². The number of rotatable bonds is 6. The van der Waals surface area contributed by atoms with Gasteiger partial charge in [0.05, 0.1) is 10.6 Å². The molecule has 7 heteroatoms. The van der Waals surface area contributed by atoms with E-state index < -0.39 is 0 Å². The number of aromatic nitrogens is 3. The fraction of sp³-hybridized carbons (Fsp3) is 0.263. The Kier molecular flexibility index (Phi) is 5.91. The number of urea groups is 1. The molecule has 26 heavy (non-hydrogen) atoms. The first-order chi connectivity index (χ1) is 12.7. The molecule has 3 heterocycles. The van der Waals surface area contributed by atoms with E-state index in [2.05, 4.69) is 38.6 Å². The molecular formula is C19H21N5OS. The minimum Gasteiger partial charge on any atom is -0.337 e. The summed E-state index contributed by atoms with van der Waals surface area (Å²) < 4.78 is 0. The number of carbonyl (C=O) groups is 1. The number of nitrogens with one attached hydrogen (secondary N) is 2. The molecule has 0 aliphatic rings. The highest BCUT2D eigenvalue weighted by Gasteiger charge is 2.11. The Morgan fingerprint density at radius 1 is 1.19 bits per heavy atom. The molecule has 0 unspecified atom stereocenters. The van der Waals surface area contributed by atoms with Gasteiger partial charge in [0.2, 0.25) is 0 Å². The van der Waals surface area contributed by atoms with E-state index in [9.17, 15) is 4.79 Å². The maximum atomic E-state index is 12.1. The highest BCUT2D eigenvalue weighted by atomic mass is 32.1. The average Bonchev–Trinajstić information content (AvgIpc) is 3.03. The molecule has 2 N–H and O–H groups in total. The predicted molar refractivity (Wildman–Crippen MR) is 104 cm³/mol. The van der Waals surface area contributed by atoms with Crippen molar-refractivity contribution in [3.8, 4) is 10.4 Å². The number of nitrogens with zero attached hydrogens (tertiary/aromatic N) is 3. The van der Waals surface area contributed by atoms with Gasteiger partial charge in [-0.2, -0.15) is 0 Å². The second-order valence-electron chi connectivity index (χ2n) is 5.81. The normalized spacial score (nSPS) is 10.5. The van der Waals surface area contributed by atoms with Gasteiger partial charge < -0.3 is 5.32 Å². The number of hydrogen-bond acceptors (Lipinski definition) is 5. The van der Waals surface area contributed by atoms with Crippen molar-refractivity contribution >= 4 is 22.5 Å². The molecule has 0 aliphatic carbocycles. The van der Waals surface area contributed by atoms with Crippen molar-refractivity contribution in [1.29, 1.82) is 0 Å². The van der Waals surface area contributed by atoms with Crippen LogP contribution in [0.3, 0.4) is 0 Å². The summed E-state index contributed by atoms with van der Waals surface area (Å²) in [6.45, 7) is 4.55. The molecule has 3 aromatic rings. The molecule has 2 amide bonds. The SMILES string of the molecule is CCc1ccc(CCNC(=O)Nc2nc(C)c(-c3ccncc3)s2)nc1. The standard InChI is InChI=1S/C19H21N5OS/c1-3-14-4-5-16(22-12-14)8-11-21-18(25)24-19-23-13(2)17(26-19)15-6-9-20-10-7-15/h4-7,9-10,12H,3,8,11H2,1-2H3,(H2,21,23,24,25). The molecule has 6 nitrogen and oxygen atoms in total. The van der Waals surface area contributed by atoms with E-state index in [4.69, 9.17) is 0 Å². The van der Waals surface area contributed by atoms with Gasteiger partial charge in [-0.25, -0.2) is 9.78 Å². The monoisotopic (exact) mass is 367 g/mol. The van der Waals surface area contributed by atoms with E-state index in [-0.39, 0.29) is 6.03 Å². The molecule has 3 rings (SSSR count). The van der Waals surface area contributed by atoms with E-state index >= 15 is 0 Å². The predicted octanol–water partition coefficient (Wildman–Crippen LogP) is 3.84. The van der Waals surface area contributed by atoms with Gasteiger partial charge in [-0.3, -0.25) is 15.3 Å². The van der Waals surface area contributed by atoms with Crippen LogP contribution in [-0.4, -0.2) is 27.5 Å². The van der Waals surface area contributed by atoms with Crippen LogP contribution in [-0.2, 0) is 12.8 Å². The van der Waals surface area contributed by atoms with E-state index in [1.165, 1.54) is 16.9 Å². The van der Waals surface area contributed by atoms with Crippen LogP contribution in [0.15, 0.2) is 42.9 Å². The lowest BCUT2D eigenvalue weighted by atomic mass is 10.2. The van der Waals surface area contributed by atoms with E-state index in [1.807, 2.05) is 31.3 Å². The molecule has 0 atom stereocenters. The van der Waals surface area contributed by atoms with Crippen LogP contribution in [0.4, 0.5) is 9.93 Å². The Morgan fingerprint density at radius 2 is 2.00 bits per heavy atom. The van der Waals surface area contributed by atoms with Gasteiger partial charge in [0.25, 0.3) is 0 Å². The zero-order chi connectivity index (χ0) is 18.4. The van der Waals surface area contributed by atoms with Crippen LogP contribution in [0.25, 0.3) is 10.4 Å². The van der Waals surface area contributed by atoms with Crippen LogP contribution in [0, 0.1) is 6.92 Å². The molecule has 0 saturated carbocycles. The molecule has 134 valence electrons. The summed E-state index contributed by atoms with van der Waals surface area (Å²) in [6.07, 6.45) is 7.04. The van der Waals surface area contributed by atoms with Gasteiger partial charge in [-0.15, -0.1) is 0 Å². The summed E-state index contributed by atoms with van der Waals surface area (Å²) in [5, 5.41) is 6.22. The number of carbonyl (C=O) groups excluding carboxylic acids is 1. The Balaban J connectivity index is 1.52. The van der Waals surface area contributed by atoms with Crippen molar-refractivity contribution in [3.63, 3.8) is 0 Å². The van der Waals surface area contributed by atoms with Crippen molar-refractivity contribution in [1.82, 2.24) is 20.3 Å². The molecule has 0 spiro atoms. The van der Waals surface area contributed by atoms with Crippen LogP contribution in [0.1, 0.15) is 23.9 Å². The van der Waals surface area contributed by atoms with Gasteiger partial charge in [-0.1, -0.05) is 24.3 Å². The van der Waals surface area contributed by atoms with Gasteiger partial charge in [0, 0.05) is 37.3 Å². The van der Waals surface area contributed by atoms with Crippen molar-refractivity contribution in [2.24, 2.45) is 0 Å². The second-order valence-corrected chi connectivity index (χ2v) is 6.81. The maximum Gasteiger partial charge on any atom is 0.321 e. The smallest absolute Gasteiger partial charge is 0.321 e. The lowest BCUT2D eigenvalue weighted by Gasteiger charge is -2.05. The van der Waals surface area contributed by atoms with Crippen LogP contribution >= 0.6 is 11.3 Å². The summed E-state index contributed by atoms with van der Waals surface area (Å²) in [7, 11) is 0. The van der Waals surface area contributed by atoms with Gasteiger partial charge in [0.15, 0.2) is 5.13 Å². The Hall–Kier alpha value is -2.80. The molecule has 0 fully saturated rings. The van der Waals surface area contributed by atoms with Crippen molar-refractivity contribution < 1.29 is 4.79 Å². The highest BCUT2D eigenvalue weighted by Crippen LogP contribution is 2.32. The summed E-state index contributed by atoms with van der Waals surface area (Å²) in [4.78, 5) is 25.9. The molecule has 3 aromatic heterocycles. The summed E-state index contributed by atoms with van der Waals surface area (Å²) in [6, 6.07) is 7.68. The fourth-order valence-electron chi connectivity index (χ4n) is 2.48. The third kappa shape index (κ3) is 4.64. The van der Waals surface area contributed by atoms with Gasteiger partial charge in [-0.05, 0) is 42.7 Å². The number of hydrogen-bond donors (Lipinski definition) is 2. The quantitative estimate of drug-likeness (QED) is 0.694. The number of amides is 2. The largest absolute Gasteiger partial charge is 0.337 e. The third-order valence-corrected chi connectivity index (χ3v) is 5.04. The van der Waals surface area contributed by atoms with E-state index in [1.54, 1.807) is 12.4 Å². The van der Waals surface area contributed by atoms with E-state index in [0.29, 0.717) is 18.1 Å². The molecule has 0 aliphatic heterocycles. The van der Waals surface area contributed by atoms with Crippen molar-refractivity contribution in [2.75, 3.05) is 11.9 Å². The van der Waals surface area contributed by atoms with Gasteiger partial charge >= 0.3 is 6.03 Å². The maximum absolute atomic E-state index is 12.1.